The van der Waals surface area contributed by atoms with Crippen molar-refractivity contribution in [1.29, 1.82) is 0 Å². The van der Waals surface area contributed by atoms with Crippen LogP contribution in [0.4, 0.5) is 0 Å². The number of benzene rings is 2. The second-order valence-corrected chi connectivity index (χ2v) is 6.56. The monoisotopic (exact) mass is 372 g/mol. The molecule has 0 N–H and O–H groups in total. The molecule has 0 radical (unpaired) electrons. The smallest absolute Gasteiger partial charge is 0.204 e. The maximum Gasteiger partial charge on any atom is 0.204 e. The van der Waals surface area contributed by atoms with Gasteiger partial charge in [0.25, 0.3) is 0 Å². The second-order valence-electron chi connectivity index (χ2n) is 6.56. The van der Waals surface area contributed by atoms with Gasteiger partial charge in [-0.15, -0.1) is 0 Å². The fourth-order valence-corrected chi connectivity index (χ4v) is 3.00. The predicted molar refractivity (Wildman–Crippen MR) is 110 cm³/mol. The van der Waals surface area contributed by atoms with Crippen LogP contribution >= 0.6 is 0 Å². The van der Waals surface area contributed by atoms with Crippen LogP contribution in [0.2, 0.25) is 0 Å². The summed E-state index contributed by atoms with van der Waals surface area (Å²) < 4.78 is 23.4. The summed E-state index contributed by atoms with van der Waals surface area (Å²) in [4.78, 5) is 0. The molecule has 0 aliphatic heterocycles. The van der Waals surface area contributed by atoms with Crippen LogP contribution in [0, 0.1) is 0 Å². The molecule has 0 aromatic heterocycles. The number of rotatable bonds is 11. The van der Waals surface area contributed by atoms with Crippen LogP contribution in [0.5, 0.6) is 28.7 Å². The van der Waals surface area contributed by atoms with Crippen molar-refractivity contribution < 1.29 is 18.9 Å². The fourth-order valence-electron chi connectivity index (χ4n) is 3.00. The number of methoxy groups -OCH3 is 2. The first-order valence-corrected chi connectivity index (χ1v) is 9.85. The largest absolute Gasteiger partial charge is 0.493 e. The lowest BCUT2D eigenvalue weighted by atomic mass is 10.1. The van der Waals surface area contributed by atoms with E-state index in [1.165, 1.54) is 5.56 Å². The molecule has 0 spiro atoms. The third kappa shape index (κ3) is 5.56. The minimum absolute atomic E-state index is 0.604. The summed E-state index contributed by atoms with van der Waals surface area (Å²) in [5.41, 5.74) is 2.40. The Balaban J connectivity index is 2.44. The van der Waals surface area contributed by atoms with Gasteiger partial charge in [0, 0.05) is 0 Å². The SMILES string of the molecule is CCCOc1c(OC)cc(CCC)cc1Oc1ccc(CCC)cc1OC. The highest BCUT2D eigenvalue weighted by atomic mass is 16.5. The van der Waals surface area contributed by atoms with Crippen molar-refractivity contribution in [3.05, 3.63) is 41.5 Å². The minimum atomic E-state index is 0.604. The lowest BCUT2D eigenvalue weighted by Crippen LogP contribution is -2.02. The van der Waals surface area contributed by atoms with Gasteiger partial charge in [0.05, 0.1) is 20.8 Å². The van der Waals surface area contributed by atoms with Gasteiger partial charge in [0.2, 0.25) is 5.75 Å². The van der Waals surface area contributed by atoms with Crippen LogP contribution in [0.25, 0.3) is 0 Å². The quantitative estimate of drug-likeness (QED) is 0.471. The van der Waals surface area contributed by atoms with E-state index in [1.807, 2.05) is 24.3 Å². The average molecular weight is 373 g/mol. The van der Waals surface area contributed by atoms with Crippen molar-refractivity contribution in [3.8, 4) is 28.7 Å². The Morgan fingerprint density at radius 2 is 1.30 bits per heavy atom. The van der Waals surface area contributed by atoms with Crippen molar-refractivity contribution >= 4 is 0 Å². The van der Waals surface area contributed by atoms with Gasteiger partial charge in [0.15, 0.2) is 23.0 Å². The highest BCUT2D eigenvalue weighted by Gasteiger charge is 2.17. The van der Waals surface area contributed by atoms with Gasteiger partial charge in [0.1, 0.15) is 0 Å². The zero-order valence-electron chi connectivity index (χ0n) is 17.3. The lowest BCUT2D eigenvalue weighted by Gasteiger charge is -2.18. The summed E-state index contributed by atoms with van der Waals surface area (Å²) in [6.07, 6.45) is 5.02. The van der Waals surface area contributed by atoms with Crippen molar-refractivity contribution in [2.75, 3.05) is 20.8 Å². The Hall–Kier alpha value is -2.36. The standard InChI is InChI=1S/C23H32O4/c1-6-9-17-11-12-19(20(14-17)24-4)27-22-16-18(10-7-2)15-21(25-5)23(22)26-13-8-3/h11-12,14-16H,6-10,13H2,1-5H3. The van der Waals surface area contributed by atoms with Gasteiger partial charge < -0.3 is 18.9 Å². The molecule has 0 saturated heterocycles. The number of aryl methyl sites for hydroxylation is 2. The van der Waals surface area contributed by atoms with E-state index in [0.29, 0.717) is 29.6 Å². The van der Waals surface area contributed by atoms with E-state index in [4.69, 9.17) is 18.9 Å². The van der Waals surface area contributed by atoms with Gasteiger partial charge >= 0.3 is 0 Å². The van der Waals surface area contributed by atoms with Crippen LogP contribution in [-0.4, -0.2) is 20.8 Å². The third-order valence-corrected chi connectivity index (χ3v) is 4.28. The summed E-state index contributed by atoms with van der Waals surface area (Å²) >= 11 is 0. The van der Waals surface area contributed by atoms with Crippen molar-refractivity contribution in [1.82, 2.24) is 0 Å². The summed E-state index contributed by atoms with van der Waals surface area (Å²) in [6.45, 7) is 7.00. The Morgan fingerprint density at radius 1 is 0.667 bits per heavy atom. The highest BCUT2D eigenvalue weighted by molar-refractivity contribution is 5.56. The zero-order valence-corrected chi connectivity index (χ0v) is 17.3. The van der Waals surface area contributed by atoms with E-state index in [1.54, 1.807) is 14.2 Å². The molecular weight excluding hydrogens is 340 g/mol. The first-order chi connectivity index (χ1) is 13.2. The van der Waals surface area contributed by atoms with E-state index < -0.39 is 0 Å². The molecule has 27 heavy (non-hydrogen) atoms. The molecule has 2 rings (SSSR count). The molecule has 0 bridgehead atoms. The zero-order chi connectivity index (χ0) is 19.6. The second kappa shape index (κ2) is 10.7. The number of hydrogen-bond donors (Lipinski definition) is 0. The summed E-state index contributed by atoms with van der Waals surface area (Å²) in [7, 11) is 3.33. The van der Waals surface area contributed by atoms with Crippen LogP contribution < -0.4 is 18.9 Å². The van der Waals surface area contributed by atoms with E-state index in [2.05, 4.69) is 26.8 Å². The third-order valence-electron chi connectivity index (χ3n) is 4.28. The maximum absolute atomic E-state index is 6.26. The van der Waals surface area contributed by atoms with E-state index in [9.17, 15) is 0 Å². The summed E-state index contributed by atoms with van der Waals surface area (Å²) in [5, 5.41) is 0. The molecule has 0 aliphatic carbocycles. The van der Waals surface area contributed by atoms with E-state index in [0.717, 1.165) is 43.4 Å². The summed E-state index contributed by atoms with van der Waals surface area (Å²) in [6, 6.07) is 10.2. The molecule has 0 heterocycles. The summed E-state index contributed by atoms with van der Waals surface area (Å²) in [5.74, 6) is 3.40. The molecule has 0 aliphatic rings. The van der Waals surface area contributed by atoms with E-state index >= 15 is 0 Å². The average Bonchev–Trinajstić information content (AvgIpc) is 2.68. The first-order valence-electron chi connectivity index (χ1n) is 9.85. The van der Waals surface area contributed by atoms with Crippen LogP contribution in [0.15, 0.2) is 30.3 Å². The van der Waals surface area contributed by atoms with Gasteiger partial charge in [-0.1, -0.05) is 39.7 Å². The van der Waals surface area contributed by atoms with Crippen LogP contribution in [-0.2, 0) is 12.8 Å². The Labute approximate surface area is 163 Å². The van der Waals surface area contributed by atoms with Gasteiger partial charge in [-0.05, 0) is 54.7 Å². The molecule has 2 aromatic carbocycles. The fraction of sp³-hybridized carbons (Fsp3) is 0.478. The van der Waals surface area contributed by atoms with Crippen molar-refractivity contribution in [3.63, 3.8) is 0 Å². The Kier molecular flexibility index (Phi) is 8.31. The van der Waals surface area contributed by atoms with Gasteiger partial charge in [-0.25, -0.2) is 0 Å². The molecule has 0 unspecified atom stereocenters. The maximum atomic E-state index is 6.26. The van der Waals surface area contributed by atoms with Crippen LogP contribution in [0.3, 0.4) is 0 Å². The van der Waals surface area contributed by atoms with Crippen molar-refractivity contribution in [2.45, 2.75) is 52.9 Å². The van der Waals surface area contributed by atoms with Gasteiger partial charge in [-0.3, -0.25) is 0 Å². The molecular formula is C23H32O4. The number of hydrogen-bond acceptors (Lipinski definition) is 4. The molecule has 0 saturated carbocycles. The number of ether oxygens (including phenoxy) is 4. The van der Waals surface area contributed by atoms with E-state index in [-0.39, 0.29) is 0 Å². The predicted octanol–water partition coefficient (Wildman–Crippen LogP) is 6.19. The molecule has 148 valence electrons. The van der Waals surface area contributed by atoms with Gasteiger partial charge in [-0.2, -0.15) is 0 Å². The molecule has 0 atom stereocenters. The van der Waals surface area contributed by atoms with Crippen molar-refractivity contribution in [2.24, 2.45) is 0 Å². The molecule has 4 heteroatoms. The molecule has 4 nitrogen and oxygen atoms in total. The Morgan fingerprint density at radius 3 is 1.93 bits per heavy atom. The van der Waals surface area contributed by atoms with Crippen LogP contribution in [0.1, 0.15) is 51.2 Å². The lowest BCUT2D eigenvalue weighted by molar-refractivity contribution is 0.279. The molecule has 0 fully saturated rings. The first kappa shape index (κ1) is 20.9. The molecule has 0 amide bonds. The normalized spacial score (nSPS) is 10.6. The molecule has 2 aromatic rings. The Bertz CT molecular complexity index is 725. The highest BCUT2D eigenvalue weighted by Crippen LogP contribution is 2.43. The minimum Gasteiger partial charge on any atom is -0.493 e. The topological polar surface area (TPSA) is 36.9 Å².